The van der Waals surface area contributed by atoms with Gasteiger partial charge < -0.3 is 5.32 Å². The van der Waals surface area contributed by atoms with E-state index in [1.165, 1.54) is 11.1 Å². The Morgan fingerprint density at radius 1 is 1.31 bits per heavy atom. The van der Waals surface area contributed by atoms with Crippen LogP contribution in [-0.2, 0) is 4.79 Å². The van der Waals surface area contributed by atoms with Gasteiger partial charge in [0.25, 0.3) is 0 Å². The Morgan fingerprint density at radius 3 is 2.69 bits per heavy atom. The van der Waals surface area contributed by atoms with Gasteiger partial charge in [0, 0.05) is 5.69 Å². The SMILES string of the molecule is Cc1ccc2c(c1C)NC(=O)C2C. The minimum atomic E-state index is 0.00861. The summed E-state index contributed by atoms with van der Waals surface area (Å²) in [7, 11) is 0. The summed E-state index contributed by atoms with van der Waals surface area (Å²) in [5.41, 5.74) is 4.58. The number of carbonyl (C=O) groups excluding carboxylic acids is 1. The van der Waals surface area contributed by atoms with Gasteiger partial charge in [0.2, 0.25) is 5.91 Å². The molecule has 2 rings (SSSR count). The highest BCUT2D eigenvalue weighted by Gasteiger charge is 2.27. The van der Waals surface area contributed by atoms with Gasteiger partial charge in [0.05, 0.1) is 5.92 Å². The van der Waals surface area contributed by atoms with Crippen molar-refractivity contribution in [3.05, 3.63) is 28.8 Å². The normalized spacial score (nSPS) is 19.9. The molecule has 1 aromatic rings. The fourth-order valence-corrected chi connectivity index (χ4v) is 1.74. The molecule has 0 saturated heterocycles. The quantitative estimate of drug-likeness (QED) is 0.644. The topological polar surface area (TPSA) is 29.1 Å². The molecular weight excluding hydrogens is 162 g/mol. The average Bonchev–Trinajstić information content (AvgIpc) is 2.38. The molecule has 1 N–H and O–H groups in total. The van der Waals surface area contributed by atoms with Crippen molar-refractivity contribution >= 4 is 11.6 Å². The number of hydrogen-bond acceptors (Lipinski definition) is 1. The Labute approximate surface area is 78.0 Å². The lowest BCUT2D eigenvalue weighted by Crippen LogP contribution is -2.08. The van der Waals surface area contributed by atoms with Crippen LogP contribution in [0.15, 0.2) is 12.1 Å². The summed E-state index contributed by atoms with van der Waals surface area (Å²) in [6.07, 6.45) is 0. The predicted molar refractivity (Wildman–Crippen MR) is 53.0 cm³/mol. The van der Waals surface area contributed by atoms with E-state index < -0.39 is 0 Å². The number of fused-ring (bicyclic) bond motifs is 1. The van der Waals surface area contributed by atoms with Gasteiger partial charge in [-0.2, -0.15) is 0 Å². The van der Waals surface area contributed by atoms with Crippen LogP contribution in [0.4, 0.5) is 5.69 Å². The van der Waals surface area contributed by atoms with Gasteiger partial charge in [0.15, 0.2) is 0 Å². The molecule has 0 radical (unpaired) electrons. The van der Waals surface area contributed by atoms with Crippen molar-refractivity contribution in [1.29, 1.82) is 0 Å². The molecular formula is C11H13NO. The Hall–Kier alpha value is -1.31. The maximum Gasteiger partial charge on any atom is 0.231 e. The Bertz CT molecular complexity index is 382. The van der Waals surface area contributed by atoms with Crippen molar-refractivity contribution in [3.8, 4) is 0 Å². The first kappa shape index (κ1) is 8.30. The Balaban J connectivity index is 2.64. The maximum absolute atomic E-state index is 11.4. The summed E-state index contributed by atoms with van der Waals surface area (Å²) < 4.78 is 0. The predicted octanol–water partition coefficient (Wildman–Crippen LogP) is 2.36. The molecule has 2 heteroatoms. The highest BCUT2D eigenvalue weighted by atomic mass is 16.2. The first-order valence-corrected chi connectivity index (χ1v) is 4.52. The molecule has 0 aliphatic carbocycles. The molecule has 1 unspecified atom stereocenters. The lowest BCUT2D eigenvalue weighted by atomic mass is 9.98. The van der Waals surface area contributed by atoms with Crippen LogP contribution in [-0.4, -0.2) is 5.91 Å². The zero-order chi connectivity index (χ0) is 9.59. The van der Waals surface area contributed by atoms with Gasteiger partial charge >= 0.3 is 0 Å². The molecule has 1 aromatic carbocycles. The molecule has 1 amide bonds. The molecule has 0 saturated carbocycles. The van der Waals surface area contributed by atoms with Gasteiger partial charge in [-0.15, -0.1) is 0 Å². The van der Waals surface area contributed by atoms with Crippen molar-refractivity contribution in [2.75, 3.05) is 5.32 Å². The first-order valence-electron chi connectivity index (χ1n) is 4.52. The molecule has 68 valence electrons. The lowest BCUT2D eigenvalue weighted by Gasteiger charge is -2.06. The molecule has 0 fully saturated rings. The monoisotopic (exact) mass is 175 g/mol. The van der Waals surface area contributed by atoms with Crippen LogP contribution in [0.3, 0.4) is 0 Å². The Morgan fingerprint density at radius 2 is 2.00 bits per heavy atom. The van der Waals surface area contributed by atoms with Crippen LogP contribution in [0.25, 0.3) is 0 Å². The Kier molecular flexibility index (Phi) is 1.65. The van der Waals surface area contributed by atoms with E-state index in [0.717, 1.165) is 11.3 Å². The molecule has 1 atom stereocenters. The largest absolute Gasteiger partial charge is 0.325 e. The molecule has 0 aromatic heterocycles. The third-order valence-corrected chi connectivity index (χ3v) is 2.88. The molecule has 1 aliphatic rings. The second-order valence-electron chi connectivity index (χ2n) is 3.68. The van der Waals surface area contributed by atoms with Crippen molar-refractivity contribution in [1.82, 2.24) is 0 Å². The summed E-state index contributed by atoms with van der Waals surface area (Å²) in [5.74, 6) is 0.123. The van der Waals surface area contributed by atoms with Crippen LogP contribution in [0, 0.1) is 13.8 Å². The van der Waals surface area contributed by atoms with Crippen LogP contribution in [0.5, 0.6) is 0 Å². The second-order valence-corrected chi connectivity index (χ2v) is 3.68. The summed E-state index contributed by atoms with van der Waals surface area (Å²) in [5, 5.41) is 2.92. The van der Waals surface area contributed by atoms with Gasteiger partial charge in [-0.1, -0.05) is 12.1 Å². The number of nitrogens with one attached hydrogen (secondary N) is 1. The molecule has 0 spiro atoms. The van der Waals surface area contributed by atoms with E-state index in [0.29, 0.717) is 0 Å². The van der Waals surface area contributed by atoms with Crippen LogP contribution < -0.4 is 5.32 Å². The van der Waals surface area contributed by atoms with Crippen molar-refractivity contribution in [2.45, 2.75) is 26.7 Å². The molecule has 1 heterocycles. The van der Waals surface area contributed by atoms with E-state index in [-0.39, 0.29) is 11.8 Å². The highest BCUT2D eigenvalue weighted by molar-refractivity contribution is 6.03. The van der Waals surface area contributed by atoms with E-state index in [2.05, 4.69) is 18.3 Å². The number of anilines is 1. The average molecular weight is 175 g/mol. The van der Waals surface area contributed by atoms with Gasteiger partial charge in [-0.25, -0.2) is 0 Å². The number of aryl methyl sites for hydroxylation is 1. The van der Waals surface area contributed by atoms with Crippen molar-refractivity contribution in [3.63, 3.8) is 0 Å². The minimum absolute atomic E-state index is 0.00861. The zero-order valence-corrected chi connectivity index (χ0v) is 8.14. The third-order valence-electron chi connectivity index (χ3n) is 2.88. The number of carbonyl (C=O) groups is 1. The zero-order valence-electron chi connectivity index (χ0n) is 8.14. The number of benzene rings is 1. The first-order chi connectivity index (χ1) is 6.11. The lowest BCUT2D eigenvalue weighted by molar-refractivity contribution is -0.116. The fourth-order valence-electron chi connectivity index (χ4n) is 1.74. The summed E-state index contributed by atoms with van der Waals surface area (Å²) in [6.45, 7) is 6.05. The summed E-state index contributed by atoms with van der Waals surface area (Å²) in [4.78, 5) is 11.4. The van der Waals surface area contributed by atoms with Gasteiger partial charge in [0.1, 0.15) is 0 Å². The summed E-state index contributed by atoms with van der Waals surface area (Å²) >= 11 is 0. The highest BCUT2D eigenvalue weighted by Crippen LogP contribution is 2.35. The van der Waals surface area contributed by atoms with Crippen molar-refractivity contribution in [2.24, 2.45) is 0 Å². The van der Waals surface area contributed by atoms with E-state index in [1.54, 1.807) is 0 Å². The third kappa shape index (κ3) is 1.05. The summed E-state index contributed by atoms with van der Waals surface area (Å²) in [6, 6.07) is 4.12. The molecule has 2 nitrogen and oxygen atoms in total. The van der Waals surface area contributed by atoms with Crippen molar-refractivity contribution < 1.29 is 4.79 Å². The molecule has 13 heavy (non-hydrogen) atoms. The van der Waals surface area contributed by atoms with Crippen LogP contribution >= 0.6 is 0 Å². The molecule has 0 bridgehead atoms. The van der Waals surface area contributed by atoms with Gasteiger partial charge in [-0.05, 0) is 37.5 Å². The van der Waals surface area contributed by atoms with E-state index >= 15 is 0 Å². The minimum Gasteiger partial charge on any atom is -0.325 e. The van der Waals surface area contributed by atoms with E-state index in [9.17, 15) is 4.79 Å². The van der Waals surface area contributed by atoms with Gasteiger partial charge in [-0.3, -0.25) is 4.79 Å². The maximum atomic E-state index is 11.4. The van der Waals surface area contributed by atoms with E-state index in [4.69, 9.17) is 0 Å². The standard InChI is InChI=1S/C11H13NO/c1-6-4-5-9-8(3)11(13)12-10(9)7(6)2/h4-5,8H,1-3H3,(H,12,13). The number of amides is 1. The number of hydrogen-bond donors (Lipinski definition) is 1. The second kappa shape index (κ2) is 2.59. The molecule has 1 aliphatic heterocycles. The smallest absolute Gasteiger partial charge is 0.231 e. The fraction of sp³-hybridized carbons (Fsp3) is 0.364. The number of rotatable bonds is 0. The van der Waals surface area contributed by atoms with Crippen LogP contribution in [0.1, 0.15) is 29.5 Å². The van der Waals surface area contributed by atoms with Crippen LogP contribution in [0.2, 0.25) is 0 Å². The van der Waals surface area contributed by atoms with E-state index in [1.807, 2.05) is 19.9 Å².